The molecule has 0 aromatic heterocycles. The number of hydrogen-bond acceptors (Lipinski definition) is 6. The van der Waals surface area contributed by atoms with Gasteiger partial charge in [-0.3, -0.25) is 0 Å². The minimum absolute atomic E-state index is 0.286. The van der Waals surface area contributed by atoms with Gasteiger partial charge in [0.15, 0.2) is 0 Å². The van der Waals surface area contributed by atoms with Crippen LogP contribution in [0.1, 0.15) is 49.4 Å². The predicted molar refractivity (Wildman–Crippen MR) is 119 cm³/mol. The molecule has 0 bridgehead atoms. The maximum atomic E-state index is 13.1. The predicted octanol–water partition coefficient (Wildman–Crippen LogP) is 5.25. The molecule has 1 saturated carbocycles. The Morgan fingerprint density at radius 1 is 1.07 bits per heavy atom. The molecular weight excluding hydrogens is 487 g/mol. The zero-order valence-corrected chi connectivity index (χ0v) is 19.1. The van der Waals surface area contributed by atoms with Crippen LogP contribution < -0.4 is 9.47 Å². The van der Waals surface area contributed by atoms with Crippen molar-refractivity contribution in [2.75, 3.05) is 26.4 Å². The van der Waals surface area contributed by atoms with Crippen LogP contribution in [0.4, 0.5) is 0 Å². The van der Waals surface area contributed by atoms with Crippen molar-refractivity contribution < 1.29 is 28.5 Å². The zero-order valence-electron chi connectivity index (χ0n) is 16.9. The first-order valence-electron chi connectivity index (χ1n) is 9.82. The Hall–Kier alpha value is -1.90. The molecule has 0 spiro atoms. The van der Waals surface area contributed by atoms with Crippen molar-refractivity contribution in [2.45, 2.75) is 44.6 Å². The molecule has 1 aromatic carbocycles. The van der Waals surface area contributed by atoms with Crippen molar-refractivity contribution in [1.82, 2.24) is 0 Å². The Kier molecular flexibility index (Phi) is 9.63. The summed E-state index contributed by atoms with van der Waals surface area (Å²) in [6, 6.07) is 3.49. The summed E-state index contributed by atoms with van der Waals surface area (Å²) in [6.45, 7) is 10.4. The number of hydrogen-bond donors (Lipinski definition) is 0. The van der Waals surface area contributed by atoms with Crippen LogP contribution in [0.3, 0.4) is 0 Å². The molecular formula is C22H29IO6. The summed E-state index contributed by atoms with van der Waals surface area (Å²) in [7, 11) is 0. The highest BCUT2D eigenvalue weighted by Crippen LogP contribution is 2.38. The van der Waals surface area contributed by atoms with Gasteiger partial charge in [0, 0.05) is 0 Å². The van der Waals surface area contributed by atoms with E-state index in [2.05, 4.69) is 42.7 Å². The molecule has 1 aliphatic rings. The molecule has 1 aromatic rings. The first-order chi connectivity index (χ1) is 14.0. The molecule has 29 heavy (non-hydrogen) atoms. The SMILES string of the molecule is C=COCCOc1cc(I)c(OCCOC=C)c(C(=O)OC2(CC)CCCC2)c1. The van der Waals surface area contributed by atoms with Crippen LogP contribution in [0.5, 0.6) is 11.5 Å². The van der Waals surface area contributed by atoms with Crippen molar-refractivity contribution >= 4 is 28.6 Å². The third-order valence-corrected chi connectivity index (χ3v) is 5.66. The molecule has 2 rings (SSSR count). The summed E-state index contributed by atoms with van der Waals surface area (Å²) in [6.07, 6.45) is 7.46. The molecule has 1 fully saturated rings. The van der Waals surface area contributed by atoms with Crippen molar-refractivity contribution in [3.63, 3.8) is 0 Å². The highest BCUT2D eigenvalue weighted by atomic mass is 127. The van der Waals surface area contributed by atoms with E-state index in [1.165, 1.54) is 12.5 Å². The van der Waals surface area contributed by atoms with Gasteiger partial charge in [-0.15, -0.1) is 0 Å². The molecule has 0 saturated heterocycles. The lowest BCUT2D eigenvalue weighted by Crippen LogP contribution is -2.31. The number of ether oxygens (including phenoxy) is 5. The third-order valence-electron chi connectivity index (χ3n) is 4.86. The Labute approximate surface area is 186 Å². The summed E-state index contributed by atoms with van der Waals surface area (Å²) >= 11 is 2.13. The molecule has 0 amide bonds. The van der Waals surface area contributed by atoms with Gasteiger partial charge in [-0.1, -0.05) is 20.1 Å². The number of benzene rings is 1. The Morgan fingerprint density at radius 3 is 2.28 bits per heavy atom. The van der Waals surface area contributed by atoms with Gasteiger partial charge in [0.1, 0.15) is 49.1 Å². The maximum Gasteiger partial charge on any atom is 0.342 e. The number of halogens is 1. The number of carbonyl (C=O) groups is 1. The van der Waals surface area contributed by atoms with Crippen LogP contribution in [0.15, 0.2) is 37.8 Å². The van der Waals surface area contributed by atoms with E-state index in [-0.39, 0.29) is 18.2 Å². The smallest absolute Gasteiger partial charge is 0.342 e. The van der Waals surface area contributed by atoms with Crippen LogP contribution in [0, 0.1) is 3.57 Å². The van der Waals surface area contributed by atoms with Crippen LogP contribution in [0.2, 0.25) is 0 Å². The second kappa shape index (κ2) is 11.9. The fraction of sp³-hybridized carbons (Fsp3) is 0.500. The van der Waals surface area contributed by atoms with Gasteiger partial charge in [0.05, 0.1) is 16.1 Å². The van der Waals surface area contributed by atoms with E-state index in [1.807, 2.05) is 6.07 Å². The summed E-state index contributed by atoms with van der Waals surface area (Å²) in [4.78, 5) is 13.1. The van der Waals surface area contributed by atoms with Crippen LogP contribution in [-0.4, -0.2) is 38.0 Å². The molecule has 0 atom stereocenters. The van der Waals surface area contributed by atoms with E-state index < -0.39 is 0 Å². The van der Waals surface area contributed by atoms with Crippen molar-refractivity contribution in [1.29, 1.82) is 0 Å². The third kappa shape index (κ3) is 6.83. The summed E-state index contributed by atoms with van der Waals surface area (Å²) in [5.74, 6) is 0.641. The van der Waals surface area contributed by atoms with E-state index in [9.17, 15) is 4.79 Å². The molecule has 0 heterocycles. The van der Waals surface area contributed by atoms with Gasteiger partial charge in [-0.2, -0.15) is 0 Å². The fourth-order valence-corrected chi connectivity index (χ4v) is 4.07. The van der Waals surface area contributed by atoms with Crippen molar-refractivity contribution in [3.8, 4) is 11.5 Å². The monoisotopic (exact) mass is 516 g/mol. The van der Waals surface area contributed by atoms with Crippen LogP contribution >= 0.6 is 22.6 Å². The fourth-order valence-electron chi connectivity index (χ4n) is 3.32. The second-order valence-corrected chi connectivity index (χ2v) is 7.85. The van der Waals surface area contributed by atoms with Gasteiger partial charge in [0.2, 0.25) is 0 Å². The number of carbonyl (C=O) groups excluding carboxylic acids is 1. The first-order valence-corrected chi connectivity index (χ1v) is 10.9. The highest BCUT2D eigenvalue weighted by Gasteiger charge is 2.37. The van der Waals surface area contributed by atoms with Gasteiger partial charge >= 0.3 is 5.97 Å². The van der Waals surface area contributed by atoms with Crippen molar-refractivity contribution in [2.24, 2.45) is 0 Å². The molecule has 1 aliphatic carbocycles. The number of rotatable bonds is 13. The molecule has 7 heteroatoms. The lowest BCUT2D eigenvalue weighted by Gasteiger charge is -2.28. The molecule has 6 nitrogen and oxygen atoms in total. The topological polar surface area (TPSA) is 63.2 Å². The average Bonchev–Trinajstić information content (AvgIpc) is 3.18. The lowest BCUT2D eigenvalue weighted by molar-refractivity contribution is -0.0176. The van der Waals surface area contributed by atoms with Crippen molar-refractivity contribution in [3.05, 3.63) is 46.9 Å². The van der Waals surface area contributed by atoms with Gasteiger partial charge in [-0.25, -0.2) is 4.79 Å². The van der Waals surface area contributed by atoms with E-state index in [4.69, 9.17) is 23.7 Å². The van der Waals surface area contributed by atoms with E-state index in [0.717, 1.165) is 35.7 Å². The number of esters is 1. The molecule has 0 N–H and O–H groups in total. The van der Waals surface area contributed by atoms with E-state index >= 15 is 0 Å². The average molecular weight is 516 g/mol. The highest BCUT2D eigenvalue weighted by molar-refractivity contribution is 14.1. The first kappa shape index (κ1) is 23.4. The Balaban J connectivity index is 2.22. The van der Waals surface area contributed by atoms with Gasteiger partial charge in [0.25, 0.3) is 0 Å². The summed E-state index contributed by atoms with van der Waals surface area (Å²) in [5, 5.41) is 0. The van der Waals surface area contributed by atoms with Crippen LogP contribution in [0.25, 0.3) is 0 Å². The molecule has 0 radical (unpaired) electrons. The normalized spacial score (nSPS) is 14.7. The maximum absolute atomic E-state index is 13.1. The zero-order chi connectivity index (χ0) is 21.1. The lowest BCUT2D eigenvalue weighted by atomic mass is 9.98. The van der Waals surface area contributed by atoms with Gasteiger partial charge < -0.3 is 23.7 Å². The van der Waals surface area contributed by atoms with E-state index in [1.54, 1.807) is 6.07 Å². The molecule has 0 unspecified atom stereocenters. The standard InChI is InChI=1S/C22H29IO6/c1-4-22(9-7-8-10-22)29-21(24)18-15-17(27-13-11-25-5-2)16-19(23)20(18)28-14-12-26-6-3/h5-6,15-16H,2-4,7-14H2,1H3. The van der Waals surface area contributed by atoms with Gasteiger partial charge in [-0.05, 0) is 66.8 Å². The summed E-state index contributed by atoms with van der Waals surface area (Å²) in [5.41, 5.74) is -0.0321. The van der Waals surface area contributed by atoms with Crippen LogP contribution in [-0.2, 0) is 14.2 Å². The minimum Gasteiger partial charge on any atom is -0.498 e. The molecule has 160 valence electrons. The second-order valence-electron chi connectivity index (χ2n) is 6.69. The largest absolute Gasteiger partial charge is 0.498 e. The Bertz CT molecular complexity index is 697. The van der Waals surface area contributed by atoms with E-state index in [0.29, 0.717) is 36.9 Å². The Morgan fingerprint density at radius 2 is 1.69 bits per heavy atom. The molecule has 0 aliphatic heterocycles. The minimum atomic E-state index is -0.390. The quantitative estimate of drug-likeness (QED) is 0.155. The summed E-state index contributed by atoms with van der Waals surface area (Å²) < 4.78 is 28.5.